The maximum absolute atomic E-state index is 13.5. The highest BCUT2D eigenvalue weighted by Gasteiger charge is 2.07. The van der Waals surface area contributed by atoms with Crippen LogP contribution in [0.1, 0.15) is 5.82 Å². The molecule has 1 aromatic carbocycles. The first-order valence-electron chi connectivity index (χ1n) is 4.69. The molecule has 0 amide bonds. The fraction of sp³-hybridized carbons (Fsp3) is 0.0909. The molecule has 0 unspecified atom stereocenters. The van der Waals surface area contributed by atoms with Gasteiger partial charge in [-0.1, -0.05) is 15.9 Å². The third kappa shape index (κ3) is 3.23. The van der Waals surface area contributed by atoms with E-state index in [9.17, 15) is 4.39 Å². The minimum atomic E-state index is -0.444. The van der Waals surface area contributed by atoms with Gasteiger partial charge in [-0.15, -0.1) is 0 Å². The number of halogens is 3. The van der Waals surface area contributed by atoms with Crippen molar-refractivity contribution in [1.82, 2.24) is 9.97 Å². The summed E-state index contributed by atoms with van der Waals surface area (Å²) in [6.45, 7) is 1.73. The molecule has 2 aromatic rings. The highest BCUT2D eigenvalue weighted by Crippen LogP contribution is 2.27. The lowest BCUT2D eigenvalue weighted by molar-refractivity contribution is 0.424. The first-order chi connectivity index (χ1) is 8.04. The summed E-state index contributed by atoms with van der Waals surface area (Å²) in [7, 11) is 0. The first kappa shape index (κ1) is 12.4. The number of aryl methyl sites for hydroxylation is 1. The molecule has 0 N–H and O–H groups in total. The zero-order chi connectivity index (χ0) is 12.4. The van der Waals surface area contributed by atoms with E-state index < -0.39 is 5.82 Å². The van der Waals surface area contributed by atoms with E-state index in [0.717, 1.165) is 4.47 Å². The number of hydrogen-bond acceptors (Lipinski definition) is 3. The topological polar surface area (TPSA) is 35.0 Å². The van der Waals surface area contributed by atoms with Crippen molar-refractivity contribution in [2.45, 2.75) is 6.92 Å². The molecular weight excluding hydrogens is 355 g/mol. The lowest BCUT2D eigenvalue weighted by Gasteiger charge is -2.07. The number of hydrogen-bond donors (Lipinski definition) is 0. The summed E-state index contributed by atoms with van der Waals surface area (Å²) < 4.78 is 20.1. The zero-order valence-electron chi connectivity index (χ0n) is 8.75. The summed E-state index contributed by atoms with van der Waals surface area (Å²) in [6.07, 6.45) is 0. The molecule has 6 heteroatoms. The lowest BCUT2D eigenvalue weighted by atomic mass is 10.3. The predicted octanol–water partition coefficient (Wildman–Crippen LogP) is 4.24. The standard InChI is InChI=1S/C11H7Br2FN2O/c1-6-15-10(13)5-11(16-6)17-9-4-7(12)2-3-8(9)14/h2-5H,1H3. The predicted molar refractivity (Wildman–Crippen MR) is 68.6 cm³/mol. The van der Waals surface area contributed by atoms with Crippen LogP contribution in [0.5, 0.6) is 11.6 Å². The van der Waals surface area contributed by atoms with E-state index in [1.165, 1.54) is 6.07 Å². The molecule has 3 nitrogen and oxygen atoms in total. The monoisotopic (exact) mass is 360 g/mol. The average molecular weight is 362 g/mol. The second kappa shape index (κ2) is 5.10. The number of ether oxygens (including phenoxy) is 1. The second-order valence-electron chi connectivity index (χ2n) is 3.25. The van der Waals surface area contributed by atoms with Crippen molar-refractivity contribution in [3.05, 3.63) is 45.0 Å². The molecule has 0 bridgehead atoms. The molecule has 0 aliphatic heterocycles. The normalized spacial score (nSPS) is 10.4. The quantitative estimate of drug-likeness (QED) is 0.750. The third-order valence-electron chi connectivity index (χ3n) is 1.89. The van der Waals surface area contributed by atoms with Crippen LogP contribution in [0.2, 0.25) is 0 Å². The summed E-state index contributed by atoms with van der Waals surface area (Å²) >= 11 is 6.48. The fourth-order valence-corrected chi connectivity index (χ4v) is 2.02. The molecule has 17 heavy (non-hydrogen) atoms. The van der Waals surface area contributed by atoms with E-state index in [-0.39, 0.29) is 5.75 Å². The Balaban J connectivity index is 2.34. The lowest BCUT2D eigenvalue weighted by Crippen LogP contribution is -1.95. The van der Waals surface area contributed by atoms with E-state index >= 15 is 0 Å². The Morgan fingerprint density at radius 2 is 1.94 bits per heavy atom. The van der Waals surface area contributed by atoms with Crippen molar-refractivity contribution < 1.29 is 9.13 Å². The molecule has 0 aliphatic carbocycles. The summed E-state index contributed by atoms with van der Waals surface area (Å²) in [5.41, 5.74) is 0. The van der Waals surface area contributed by atoms with Gasteiger partial charge in [0, 0.05) is 10.5 Å². The molecule has 0 saturated carbocycles. The first-order valence-corrected chi connectivity index (χ1v) is 6.27. The Kier molecular flexibility index (Phi) is 3.73. The maximum Gasteiger partial charge on any atom is 0.223 e. The molecule has 0 fully saturated rings. The van der Waals surface area contributed by atoms with E-state index in [2.05, 4.69) is 41.8 Å². The van der Waals surface area contributed by atoms with Crippen LogP contribution in [0.25, 0.3) is 0 Å². The van der Waals surface area contributed by atoms with Crippen LogP contribution in [0.4, 0.5) is 4.39 Å². The summed E-state index contributed by atoms with van der Waals surface area (Å²) in [5.74, 6) is 0.510. The third-order valence-corrected chi connectivity index (χ3v) is 2.79. The highest BCUT2D eigenvalue weighted by molar-refractivity contribution is 9.10. The van der Waals surface area contributed by atoms with Crippen LogP contribution < -0.4 is 4.74 Å². The van der Waals surface area contributed by atoms with Crippen LogP contribution >= 0.6 is 31.9 Å². The zero-order valence-corrected chi connectivity index (χ0v) is 11.9. The van der Waals surface area contributed by atoms with E-state index in [0.29, 0.717) is 16.3 Å². The van der Waals surface area contributed by atoms with Gasteiger partial charge in [0.25, 0.3) is 0 Å². The Morgan fingerprint density at radius 3 is 2.65 bits per heavy atom. The average Bonchev–Trinajstić information content (AvgIpc) is 2.22. The van der Waals surface area contributed by atoms with Gasteiger partial charge < -0.3 is 4.74 Å². The molecular formula is C11H7Br2FN2O. The van der Waals surface area contributed by atoms with Gasteiger partial charge in [-0.05, 0) is 41.1 Å². The maximum atomic E-state index is 13.5. The Bertz CT molecular complexity index is 543. The molecule has 1 heterocycles. The number of aromatic nitrogens is 2. The molecule has 88 valence electrons. The van der Waals surface area contributed by atoms with E-state index in [1.54, 1.807) is 25.1 Å². The molecule has 0 saturated heterocycles. The number of nitrogens with zero attached hydrogens (tertiary/aromatic N) is 2. The Morgan fingerprint density at radius 1 is 1.18 bits per heavy atom. The van der Waals surface area contributed by atoms with Crippen molar-refractivity contribution in [2.24, 2.45) is 0 Å². The van der Waals surface area contributed by atoms with Gasteiger partial charge in [-0.25, -0.2) is 9.37 Å². The van der Waals surface area contributed by atoms with Crippen LogP contribution in [-0.4, -0.2) is 9.97 Å². The minimum Gasteiger partial charge on any atom is -0.436 e. The van der Waals surface area contributed by atoms with Crippen molar-refractivity contribution in [1.29, 1.82) is 0 Å². The molecule has 0 aliphatic rings. The molecule has 1 aromatic heterocycles. The van der Waals surface area contributed by atoms with E-state index in [1.807, 2.05) is 0 Å². The van der Waals surface area contributed by atoms with Gasteiger partial charge in [0.2, 0.25) is 5.88 Å². The molecule has 0 spiro atoms. The van der Waals surface area contributed by atoms with Crippen molar-refractivity contribution in [2.75, 3.05) is 0 Å². The van der Waals surface area contributed by atoms with Gasteiger partial charge in [-0.2, -0.15) is 4.98 Å². The fourth-order valence-electron chi connectivity index (χ4n) is 1.23. The second-order valence-corrected chi connectivity index (χ2v) is 4.98. The van der Waals surface area contributed by atoms with Crippen molar-refractivity contribution >= 4 is 31.9 Å². The summed E-state index contributed by atoms with van der Waals surface area (Å²) in [6, 6.07) is 6.04. The number of benzene rings is 1. The number of rotatable bonds is 2. The minimum absolute atomic E-state index is 0.115. The van der Waals surface area contributed by atoms with Gasteiger partial charge in [0.15, 0.2) is 11.6 Å². The Labute approximate surface area is 114 Å². The van der Waals surface area contributed by atoms with Gasteiger partial charge in [0.05, 0.1) is 0 Å². The van der Waals surface area contributed by atoms with Crippen LogP contribution in [0, 0.1) is 12.7 Å². The van der Waals surface area contributed by atoms with Crippen LogP contribution in [0.3, 0.4) is 0 Å². The molecule has 2 rings (SSSR count). The van der Waals surface area contributed by atoms with Crippen molar-refractivity contribution in [3.63, 3.8) is 0 Å². The smallest absolute Gasteiger partial charge is 0.223 e. The SMILES string of the molecule is Cc1nc(Br)cc(Oc2cc(Br)ccc2F)n1. The van der Waals surface area contributed by atoms with Crippen LogP contribution in [-0.2, 0) is 0 Å². The van der Waals surface area contributed by atoms with Gasteiger partial charge in [-0.3, -0.25) is 0 Å². The highest BCUT2D eigenvalue weighted by atomic mass is 79.9. The Hall–Kier alpha value is -1.01. The largest absolute Gasteiger partial charge is 0.436 e. The summed E-state index contributed by atoms with van der Waals surface area (Å²) in [4.78, 5) is 8.09. The summed E-state index contributed by atoms with van der Waals surface area (Å²) in [5, 5.41) is 0. The van der Waals surface area contributed by atoms with Crippen LogP contribution in [0.15, 0.2) is 33.3 Å². The molecule has 0 radical (unpaired) electrons. The van der Waals surface area contributed by atoms with E-state index in [4.69, 9.17) is 4.74 Å². The molecule has 0 atom stereocenters. The van der Waals surface area contributed by atoms with Gasteiger partial charge in [0.1, 0.15) is 10.4 Å². The van der Waals surface area contributed by atoms with Crippen molar-refractivity contribution in [3.8, 4) is 11.6 Å². The van der Waals surface area contributed by atoms with Gasteiger partial charge >= 0.3 is 0 Å².